The van der Waals surface area contributed by atoms with Gasteiger partial charge in [-0.2, -0.15) is 0 Å². The van der Waals surface area contributed by atoms with Crippen molar-refractivity contribution in [1.29, 1.82) is 0 Å². The molecular weight excluding hydrogens is 322 g/mol. The summed E-state index contributed by atoms with van der Waals surface area (Å²) in [5, 5.41) is 14.1. The average Bonchev–Trinajstić information content (AvgIpc) is 2.85. The number of nitrogens with one attached hydrogen (secondary N) is 1. The van der Waals surface area contributed by atoms with Gasteiger partial charge in [0.1, 0.15) is 5.75 Å². The molecule has 0 unspecified atom stereocenters. The van der Waals surface area contributed by atoms with Crippen LogP contribution in [0, 0.1) is 11.8 Å². The van der Waals surface area contributed by atoms with Crippen molar-refractivity contribution in [3.05, 3.63) is 29.8 Å². The van der Waals surface area contributed by atoms with Crippen LogP contribution in [0.2, 0.25) is 0 Å². The quantitative estimate of drug-likeness (QED) is 0.665. The fourth-order valence-electron chi connectivity index (χ4n) is 2.85. The van der Waals surface area contributed by atoms with Crippen LogP contribution in [0.1, 0.15) is 24.8 Å². The first-order valence-corrected chi connectivity index (χ1v) is 7.11. The molecule has 1 saturated carbocycles. The summed E-state index contributed by atoms with van der Waals surface area (Å²) >= 11 is 0. The number of carbonyl (C=O) groups is 1. The zero-order valence-corrected chi connectivity index (χ0v) is 14.9. The van der Waals surface area contributed by atoms with Crippen LogP contribution in [-0.2, 0) is 11.3 Å². The van der Waals surface area contributed by atoms with Crippen LogP contribution in [0.5, 0.6) is 5.75 Å². The van der Waals surface area contributed by atoms with Crippen molar-refractivity contribution in [2.24, 2.45) is 11.8 Å². The zero-order chi connectivity index (χ0) is 16.2. The number of carboxylic acid groups (broad SMARTS) is 1. The summed E-state index contributed by atoms with van der Waals surface area (Å²) in [5.74, 6) is -1.71. The zero-order valence-electron chi connectivity index (χ0n) is 12.9. The predicted octanol–water partition coefficient (Wildman–Crippen LogP) is -1.15. The first-order chi connectivity index (χ1) is 10.3. The Morgan fingerprint density at radius 3 is 2.74 bits per heavy atom. The molecule has 2 atom stereocenters. The molecule has 1 fully saturated rings. The molecule has 0 aliphatic heterocycles. The predicted molar refractivity (Wildman–Crippen MR) is 70.7 cm³/mol. The molecule has 0 amide bonds. The Morgan fingerprint density at radius 1 is 1.35 bits per heavy atom. The van der Waals surface area contributed by atoms with Crippen molar-refractivity contribution in [2.75, 3.05) is 6.54 Å². The number of hydrogen-bond donors (Lipinski definition) is 1. The number of aliphatic carboxylic acids is 1. The van der Waals surface area contributed by atoms with E-state index in [0.717, 1.165) is 12.8 Å². The van der Waals surface area contributed by atoms with Crippen LogP contribution >= 0.6 is 0 Å². The Kier molecular flexibility index (Phi) is 7.86. The fourth-order valence-corrected chi connectivity index (χ4v) is 2.85. The molecule has 1 aromatic rings. The summed E-state index contributed by atoms with van der Waals surface area (Å²) in [7, 11) is 0. The van der Waals surface area contributed by atoms with Gasteiger partial charge in [0.05, 0.1) is 0 Å². The maximum atomic E-state index is 12.1. The molecule has 0 heterocycles. The van der Waals surface area contributed by atoms with E-state index in [9.17, 15) is 23.1 Å². The minimum atomic E-state index is -4.71. The maximum absolute atomic E-state index is 12.1. The molecule has 0 radical (unpaired) electrons. The summed E-state index contributed by atoms with van der Waals surface area (Å²) in [5.41, 5.74) is 0.643. The molecule has 23 heavy (non-hydrogen) atoms. The molecule has 1 aliphatic rings. The van der Waals surface area contributed by atoms with Crippen molar-refractivity contribution in [1.82, 2.24) is 5.32 Å². The van der Waals surface area contributed by atoms with E-state index in [1.807, 2.05) is 0 Å². The van der Waals surface area contributed by atoms with Gasteiger partial charge in [0.2, 0.25) is 0 Å². The van der Waals surface area contributed by atoms with Gasteiger partial charge >= 0.3 is 35.9 Å². The second kappa shape index (κ2) is 8.92. The third-order valence-corrected chi connectivity index (χ3v) is 3.83. The summed E-state index contributed by atoms with van der Waals surface area (Å²) in [4.78, 5) is 11.0. The first-order valence-electron chi connectivity index (χ1n) is 7.11. The Hall–Kier alpha value is -0.760. The average molecular weight is 339 g/mol. The Morgan fingerprint density at radius 2 is 2.09 bits per heavy atom. The molecule has 4 nitrogen and oxygen atoms in total. The molecular formula is C15H17F3NNaO3. The van der Waals surface area contributed by atoms with Crippen molar-refractivity contribution in [3.8, 4) is 5.75 Å². The Bertz CT molecular complexity index is 525. The molecule has 0 saturated heterocycles. The van der Waals surface area contributed by atoms with Gasteiger partial charge in [-0.1, -0.05) is 18.6 Å². The van der Waals surface area contributed by atoms with Gasteiger partial charge in [0.25, 0.3) is 0 Å². The van der Waals surface area contributed by atoms with Crippen molar-refractivity contribution >= 4 is 5.97 Å². The number of benzene rings is 1. The van der Waals surface area contributed by atoms with Crippen LogP contribution < -0.4 is 44.7 Å². The van der Waals surface area contributed by atoms with Gasteiger partial charge in [-0.15, -0.1) is 13.2 Å². The number of carbonyl (C=O) groups excluding carboxylic acids is 1. The Balaban J connectivity index is 0.00000264. The van der Waals surface area contributed by atoms with Gasteiger partial charge in [-0.05, 0) is 43.0 Å². The molecule has 0 bridgehead atoms. The summed E-state index contributed by atoms with van der Waals surface area (Å²) < 4.78 is 40.3. The maximum Gasteiger partial charge on any atom is 1.00 e. The second-order valence-corrected chi connectivity index (χ2v) is 5.44. The summed E-state index contributed by atoms with van der Waals surface area (Å²) in [6.07, 6.45) is -2.40. The summed E-state index contributed by atoms with van der Waals surface area (Å²) in [6, 6.07) is 5.71. The fraction of sp³-hybridized carbons (Fsp3) is 0.533. The van der Waals surface area contributed by atoms with Crippen molar-refractivity contribution in [2.45, 2.75) is 32.2 Å². The van der Waals surface area contributed by atoms with Crippen molar-refractivity contribution in [3.63, 3.8) is 0 Å². The van der Waals surface area contributed by atoms with E-state index in [0.29, 0.717) is 25.1 Å². The Labute approximate surface area is 154 Å². The number of ether oxygens (including phenoxy) is 1. The van der Waals surface area contributed by atoms with E-state index in [2.05, 4.69) is 10.1 Å². The molecule has 1 aromatic carbocycles. The van der Waals surface area contributed by atoms with Crippen LogP contribution in [0.25, 0.3) is 0 Å². The van der Waals surface area contributed by atoms with Crippen LogP contribution in [0.3, 0.4) is 0 Å². The van der Waals surface area contributed by atoms with E-state index < -0.39 is 18.2 Å². The van der Waals surface area contributed by atoms with E-state index in [1.165, 1.54) is 18.2 Å². The smallest absolute Gasteiger partial charge is 0.550 e. The van der Waals surface area contributed by atoms with Gasteiger partial charge in [0.15, 0.2) is 0 Å². The number of rotatable bonds is 6. The SMILES string of the molecule is O=C([O-])[C@@H]1CCC[C@@H]1CNCc1cccc(OC(F)(F)F)c1.[Na+]. The van der Waals surface area contributed by atoms with Crippen molar-refractivity contribution < 1.29 is 57.4 Å². The standard InChI is InChI=1S/C15H18F3NO3.Na/c16-15(17,18)22-12-5-1-3-10(7-12)8-19-9-11-4-2-6-13(11)14(20)21;/h1,3,5,7,11,13,19H,2,4,6,8-9H2,(H,20,21);/q;+1/p-1/t11-,13-;/m1./s1. The minimum Gasteiger partial charge on any atom is -0.550 e. The topological polar surface area (TPSA) is 61.4 Å². The minimum absolute atomic E-state index is 0. The van der Waals surface area contributed by atoms with Gasteiger partial charge < -0.3 is 20.0 Å². The molecule has 0 spiro atoms. The number of hydrogen-bond acceptors (Lipinski definition) is 4. The van der Waals surface area contributed by atoms with E-state index in [4.69, 9.17) is 0 Å². The largest absolute Gasteiger partial charge is 1.00 e. The summed E-state index contributed by atoms with van der Waals surface area (Å²) in [6.45, 7) is 0.855. The van der Waals surface area contributed by atoms with Crippen LogP contribution in [0.4, 0.5) is 13.2 Å². The molecule has 122 valence electrons. The normalized spacial score (nSPS) is 20.8. The van der Waals surface area contributed by atoms with Crippen LogP contribution in [0.15, 0.2) is 24.3 Å². The van der Waals surface area contributed by atoms with Gasteiger partial charge in [0, 0.05) is 18.4 Å². The van der Waals surface area contributed by atoms with E-state index >= 15 is 0 Å². The molecule has 1 N–H and O–H groups in total. The molecule has 1 aliphatic carbocycles. The van der Waals surface area contributed by atoms with Crippen LogP contribution in [-0.4, -0.2) is 18.9 Å². The monoisotopic (exact) mass is 339 g/mol. The second-order valence-electron chi connectivity index (χ2n) is 5.44. The molecule has 2 rings (SSSR count). The van der Waals surface area contributed by atoms with Gasteiger partial charge in [-0.3, -0.25) is 0 Å². The molecule has 0 aromatic heterocycles. The van der Waals surface area contributed by atoms with Gasteiger partial charge in [-0.25, -0.2) is 0 Å². The third-order valence-electron chi connectivity index (χ3n) is 3.83. The number of alkyl halides is 3. The number of carboxylic acids is 1. The molecule has 8 heteroatoms. The van der Waals surface area contributed by atoms with E-state index in [1.54, 1.807) is 6.07 Å². The first kappa shape index (κ1) is 20.3. The number of halogens is 3. The van der Waals surface area contributed by atoms with E-state index in [-0.39, 0.29) is 41.2 Å². The third kappa shape index (κ3) is 6.71.